The van der Waals surface area contributed by atoms with Crippen LogP contribution in [0.3, 0.4) is 0 Å². The fraction of sp³-hybridized carbons (Fsp3) is 0.389. The standard InChI is InChI=1S/C18H15F6N3O3/c1-9-4-14(26-30-9)25-15(28)8-27(13-2-3-13)16(29)10-5-11(17(19,20)21)7-12(6-10)18(22,23)24/h4-7,13H,2-3,8H2,1H3,(H,25,26,28). The summed E-state index contributed by atoms with van der Waals surface area (Å²) < 4.78 is 83.1. The highest BCUT2D eigenvalue weighted by molar-refractivity contribution is 5.99. The van der Waals surface area contributed by atoms with Gasteiger partial charge in [0.25, 0.3) is 5.91 Å². The normalized spacial score (nSPS) is 14.5. The second-order valence-corrected chi connectivity index (χ2v) is 6.83. The van der Waals surface area contributed by atoms with E-state index in [1.807, 2.05) is 0 Å². The molecule has 162 valence electrons. The summed E-state index contributed by atoms with van der Waals surface area (Å²) in [5.41, 5.74) is -3.99. The predicted octanol–water partition coefficient (Wildman–Crippen LogP) is 4.26. The third-order valence-corrected chi connectivity index (χ3v) is 4.29. The van der Waals surface area contributed by atoms with Gasteiger partial charge in [-0.1, -0.05) is 5.16 Å². The van der Waals surface area contributed by atoms with E-state index in [4.69, 9.17) is 4.52 Å². The smallest absolute Gasteiger partial charge is 0.360 e. The molecule has 1 aromatic carbocycles. The minimum Gasteiger partial charge on any atom is -0.360 e. The maximum atomic E-state index is 13.1. The van der Waals surface area contributed by atoms with Gasteiger partial charge in [-0.3, -0.25) is 9.59 Å². The highest BCUT2D eigenvalue weighted by Gasteiger charge is 2.40. The van der Waals surface area contributed by atoms with Gasteiger partial charge in [-0.25, -0.2) is 0 Å². The van der Waals surface area contributed by atoms with E-state index in [0.717, 1.165) is 4.90 Å². The third kappa shape index (κ3) is 5.10. The molecule has 1 aliphatic carbocycles. The number of rotatable bonds is 5. The van der Waals surface area contributed by atoms with Crippen LogP contribution in [0.2, 0.25) is 0 Å². The molecule has 2 aromatic rings. The number of anilines is 1. The molecular weight excluding hydrogens is 420 g/mol. The molecule has 12 heteroatoms. The van der Waals surface area contributed by atoms with E-state index in [9.17, 15) is 35.9 Å². The SMILES string of the molecule is Cc1cc(NC(=O)CN(C(=O)c2cc(C(F)(F)F)cc(C(F)(F)F)c2)C2CC2)no1. The number of halogens is 6. The van der Waals surface area contributed by atoms with Gasteiger partial charge in [0.1, 0.15) is 12.3 Å². The van der Waals surface area contributed by atoms with E-state index in [1.165, 1.54) is 6.07 Å². The zero-order valence-electron chi connectivity index (χ0n) is 15.4. The van der Waals surface area contributed by atoms with Crippen LogP contribution in [-0.4, -0.2) is 34.5 Å². The third-order valence-electron chi connectivity index (χ3n) is 4.29. The summed E-state index contributed by atoms with van der Waals surface area (Å²) in [6.45, 7) is 1.02. The zero-order valence-corrected chi connectivity index (χ0v) is 15.4. The van der Waals surface area contributed by atoms with Crippen LogP contribution in [-0.2, 0) is 17.1 Å². The molecule has 0 bridgehead atoms. The molecule has 0 aliphatic heterocycles. The number of carbonyl (C=O) groups is 2. The van der Waals surface area contributed by atoms with E-state index in [1.54, 1.807) is 6.92 Å². The van der Waals surface area contributed by atoms with Crippen LogP contribution in [0.1, 0.15) is 40.1 Å². The molecule has 0 atom stereocenters. The number of aromatic nitrogens is 1. The molecule has 1 saturated carbocycles. The maximum absolute atomic E-state index is 13.1. The van der Waals surface area contributed by atoms with Crippen LogP contribution in [0.25, 0.3) is 0 Å². The Kier molecular flexibility index (Phi) is 5.52. The van der Waals surface area contributed by atoms with E-state index >= 15 is 0 Å². The van der Waals surface area contributed by atoms with Gasteiger partial charge in [-0.15, -0.1) is 0 Å². The van der Waals surface area contributed by atoms with Crippen LogP contribution in [0, 0.1) is 6.92 Å². The summed E-state index contributed by atoms with van der Waals surface area (Å²) >= 11 is 0. The molecule has 0 radical (unpaired) electrons. The van der Waals surface area contributed by atoms with E-state index < -0.39 is 53.4 Å². The van der Waals surface area contributed by atoms with E-state index in [0.29, 0.717) is 30.7 Å². The zero-order chi connectivity index (χ0) is 22.3. The van der Waals surface area contributed by atoms with Crippen molar-refractivity contribution < 1.29 is 40.5 Å². The molecule has 0 unspecified atom stereocenters. The first-order valence-corrected chi connectivity index (χ1v) is 8.68. The summed E-state index contributed by atoms with van der Waals surface area (Å²) in [5.74, 6) is -1.34. The average molecular weight is 435 g/mol. The van der Waals surface area contributed by atoms with Crippen molar-refractivity contribution in [3.63, 3.8) is 0 Å². The van der Waals surface area contributed by atoms with Crippen LogP contribution in [0.5, 0.6) is 0 Å². The number of benzene rings is 1. The molecule has 1 aromatic heterocycles. The first-order chi connectivity index (χ1) is 13.8. The van der Waals surface area contributed by atoms with Gasteiger partial charge in [0, 0.05) is 17.7 Å². The Balaban J connectivity index is 1.87. The number of aryl methyl sites for hydroxylation is 1. The Morgan fingerprint density at radius 1 is 1.07 bits per heavy atom. The summed E-state index contributed by atoms with van der Waals surface area (Å²) in [4.78, 5) is 25.9. The molecule has 2 amide bonds. The minimum atomic E-state index is -5.08. The van der Waals surface area contributed by atoms with Crippen molar-refractivity contribution in [1.29, 1.82) is 0 Å². The lowest BCUT2D eigenvalue weighted by Gasteiger charge is -2.23. The Bertz CT molecular complexity index is 931. The number of hydrogen-bond acceptors (Lipinski definition) is 4. The van der Waals surface area contributed by atoms with Crippen LogP contribution >= 0.6 is 0 Å². The topological polar surface area (TPSA) is 75.4 Å². The van der Waals surface area contributed by atoms with Crippen molar-refractivity contribution in [3.8, 4) is 0 Å². The van der Waals surface area contributed by atoms with Gasteiger partial charge in [-0.05, 0) is 38.0 Å². The first-order valence-electron chi connectivity index (χ1n) is 8.68. The summed E-state index contributed by atoms with van der Waals surface area (Å²) in [6.07, 6.45) is -9.20. The largest absolute Gasteiger partial charge is 0.416 e. The number of carbonyl (C=O) groups excluding carboxylic acids is 2. The lowest BCUT2D eigenvalue weighted by Crippen LogP contribution is -2.39. The molecule has 1 fully saturated rings. The van der Waals surface area contributed by atoms with Crippen LogP contribution in [0.4, 0.5) is 32.2 Å². The Labute approximate surface area is 165 Å². The van der Waals surface area contributed by atoms with Crippen molar-refractivity contribution >= 4 is 17.6 Å². The Morgan fingerprint density at radius 3 is 2.07 bits per heavy atom. The fourth-order valence-corrected chi connectivity index (χ4v) is 2.76. The van der Waals surface area contributed by atoms with Gasteiger partial charge in [0.15, 0.2) is 5.82 Å². The average Bonchev–Trinajstić information content (AvgIpc) is 3.39. The van der Waals surface area contributed by atoms with Crippen molar-refractivity contribution in [1.82, 2.24) is 10.1 Å². The van der Waals surface area contributed by atoms with E-state index in [-0.39, 0.29) is 11.9 Å². The number of amides is 2. The van der Waals surface area contributed by atoms with E-state index in [2.05, 4.69) is 10.5 Å². The minimum absolute atomic E-state index is 0.0577. The molecule has 1 N–H and O–H groups in total. The summed E-state index contributed by atoms with van der Waals surface area (Å²) in [5, 5.41) is 5.90. The number of alkyl halides is 6. The second-order valence-electron chi connectivity index (χ2n) is 6.83. The molecule has 30 heavy (non-hydrogen) atoms. The van der Waals surface area contributed by atoms with Crippen molar-refractivity contribution in [2.45, 2.75) is 38.2 Å². The van der Waals surface area contributed by atoms with Gasteiger partial charge >= 0.3 is 12.4 Å². The fourth-order valence-electron chi connectivity index (χ4n) is 2.76. The quantitative estimate of drug-likeness (QED) is 0.712. The predicted molar refractivity (Wildman–Crippen MR) is 90.4 cm³/mol. The Morgan fingerprint density at radius 2 is 1.63 bits per heavy atom. The lowest BCUT2D eigenvalue weighted by molar-refractivity contribution is -0.143. The highest BCUT2D eigenvalue weighted by atomic mass is 19.4. The molecule has 1 heterocycles. The summed E-state index contributed by atoms with van der Waals surface area (Å²) in [7, 11) is 0. The molecule has 3 rings (SSSR count). The summed E-state index contributed by atoms with van der Waals surface area (Å²) in [6, 6.07) is 1.60. The number of nitrogens with one attached hydrogen (secondary N) is 1. The van der Waals surface area contributed by atoms with Crippen molar-refractivity contribution in [3.05, 3.63) is 46.7 Å². The van der Waals surface area contributed by atoms with Crippen molar-refractivity contribution in [2.24, 2.45) is 0 Å². The van der Waals surface area contributed by atoms with Gasteiger partial charge in [-0.2, -0.15) is 26.3 Å². The number of hydrogen-bond donors (Lipinski definition) is 1. The maximum Gasteiger partial charge on any atom is 0.416 e. The number of nitrogens with zero attached hydrogens (tertiary/aromatic N) is 2. The highest BCUT2D eigenvalue weighted by Crippen LogP contribution is 2.37. The van der Waals surface area contributed by atoms with Crippen LogP contribution in [0.15, 0.2) is 28.8 Å². The van der Waals surface area contributed by atoms with Gasteiger partial charge in [0.05, 0.1) is 11.1 Å². The van der Waals surface area contributed by atoms with Gasteiger partial charge in [0.2, 0.25) is 5.91 Å². The Hall–Kier alpha value is -3.05. The lowest BCUT2D eigenvalue weighted by atomic mass is 10.0. The second kappa shape index (κ2) is 7.65. The molecule has 1 aliphatic rings. The van der Waals surface area contributed by atoms with Gasteiger partial charge < -0.3 is 14.7 Å². The monoisotopic (exact) mass is 435 g/mol. The molecule has 0 spiro atoms. The molecule has 0 saturated heterocycles. The van der Waals surface area contributed by atoms with Crippen molar-refractivity contribution in [2.75, 3.05) is 11.9 Å². The molecular formula is C18H15F6N3O3. The first kappa shape index (κ1) is 21.7. The van der Waals surface area contributed by atoms with Crippen LogP contribution < -0.4 is 5.32 Å². The molecule has 6 nitrogen and oxygen atoms in total.